The lowest BCUT2D eigenvalue weighted by Crippen LogP contribution is -2.46. The van der Waals surface area contributed by atoms with Crippen molar-refractivity contribution in [2.45, 2.75) is 44.4 Å². The Morgan fingerprint density at radius 3 is 2.84 bits per heavy atom. The first-order chi connectivity index (χ1) is 12.0. The van der Waals surface area contributed by atoms with Crippen molar-refractivity contribution in [3.05, 3.63) is 30.5 Å². The predicted molar refractivity (Wildman–Crippen MR) is 101 cm³/mol. The van der Waals surface area contributed by atoms with Crippen molar-refractivity contribution in [2.75, 3.05) is 26.0 Å². The Hall–Kier alpha value is -2.05. The van der Waals surface area contributed by atoms with Crippen molar-refractivity contribution in [2.24, 2.45) is 0 Å². The number of carbonyl (C=O) groups excluding carboxylic acids is 1. The molecule has 3 rings (SSSR count). The summed E-state index contributed by atoms with van der Waals surface area (Å²) in [6.07, 6.45) is 5.32. The van der Waals surface area contributed by atoms with E-state index in [1.165, 1.54) is 0 Å². The van der Waals surface area contributed by atoms with Gasteiger partial charge < -0.3 is 25.2 Å². The second-order valence-corrected chi connectivity index (χ2v) is 7.14. The Labute approximate surface area is 148 Å². The number of carbonyl (C=O) groups is 1. The van der Waals surface area contributed by atoms with Crippen LogP contribution in [0.5, 0.6) is 0 Å². The van der Waals surface area contributed by atoms with Crippen LogP contribution in [0.15, 0.2) is 30.5 Å². The number of urea groups is 1. The first kappa shape index (κ1) is 17.8. The van der Waals surface area contributed by atoms with E-state index in [1.807, 2.05) is 18.2 Å². The highest BCUT2D eigenvalue weighted by Crippen LogP contribution is 2.21. The molecular formula is C19H28N4O2. The number of amides is 2. The van der Waals surface area contributed by atoms with Gasteiger partial charge in [-0.05, 0) is 51.2 Å². The van der Waals surface area contributed by atoms with Gasteiger partial charge in [0.25, 0.3) is 0 Å². The predicted octanol–water partition coefficient (Wildman–Crippen LogP) is 2.63. The first-order valence-electron chi connectivity index (χ1n) is 9.02. The van der Waals surface area contributed by atoms with Crippen molar-refractivity contribution in [3.63, 3.8) is 0 Å². The number of hydrogen-bond donors (Lipinski definition) is 3. The molecule has 0 saturated heterocycles. The lowest BCUT2D eigenvalue weighted by atomic mass is 9.93. The zero-order chi connectivity index (χ0) is 17.8. The number of nitrogens with one attached hydrogen (secondary N) is 2. The fourth-order valence-corrected chi connectivity index (χ4v) is 3.40. The molecule has 1 fully saturated rings. The number of hydrogen-bond acceptors (Lipinski definition) is 3. The van der Waals surface area contributed by atoms with Crippen LogP contribution >= 0.6 is 0 Å². The van der Waals surface area contributed by atoms with Crippen molar-refractivity contribution < 1.29 is 9.90 Å². The van der Waals surface area contributed by atoms with Gasteiger partial charge in [-0.3, -0.25) is 0 Å². The normalized spacial score (nSPS) is 20.8. The van der Waals surface area contributed by atoms with Crippen LogP contribution in [0.25, 0.3) is 10.9 Å². The molecule has 2 aromatic rings. The summed E-state index contributed by atoms with van der Waals surface area (Å²) in [7, 11) is 4.13. The van der Waals surface area contributed by atoms with Crippen LogP contribution in [-0.2, 0) is 6.54 Å². The van der Waals surface area contributed by atoms with Gasteiger partial charge in [0.15, 0.2) is 0 Å². The summed E-state index contributed by atoms with van der Waals surface area (Å²) in [6, 6.07) is 7.61. The van der Waals surface area contributed by atoms with E-state index in [2.05, 4.69) is 46.5 Å². The molecule has 2 atom stereocenters. The Morgan fingerprint density at radius 1 is 1.28 bits per heavy atom. The summed E-state index contributed by atoms with van der Waals surface area (Å²) in [5.74, 6) is 0. The fourth-order valence-electron chi connectivity index (χ4n) is 3.40. The minimum atomic E-state index is -0.437. The molecule has 6 heteroatoms. The maximum atomic E-state index is 12.2. The van der Waals surface area contributed by atoms with E-state index in [0.29, 0.717) is 0 Å². The van der Waals surface area contributed by atoms with Crippen molar-refractivity contribution >= 4 is 22.6 Å². The number of benzene rings is 1. The van der Waals surface area contributed by atoms with E-state index in [-0.39, 0.29) is 12.1 Å². The summed E-state index contributed by atoms with van der Waals surface area (Å²) in [6.45, 7) is 1.92. The molecule has 1 aliphatic carbocycles. The third-order valence-electron chi connectivity index (χ3n) is 4.86. The lowest BCUT2D eigenvalue weighted by molar-refractivity contribution is 0.0955. The highest BCUT2D eigenvalue weighted by atomic mass is 16.3. The SMILES string of the molecule is CN(C)CCn1ccc2cc(NC(=O)N[C@H]3CCCC[C@@H]3O)ccc21. The Morgan fingerprint density at radius 2 is 2.08 bits per heavy atom. The molecular weight excluding hydrogens is 316 g/mol. The van der Waals surface area contributed by atoms with Crippen LogP contribution in [0, 0.1) is 0 Å². The molecule has 25 heavy (non-hydrogen) atoms. The highest BCUT2D eigenvalue weighted by Gasteiger charge is 2.24. The second-order valence-electron chi connectivity index (χ2n) is 7.14. The van der Waals surface area contributed by atoms with Gasteiger partial charge in [0.05, 0.1) is 12.1 Å². The summed E-state index contributed by atoms with van der Waals surface area (Å²) in [5, 5.41) is 16.8. The van der Waals surface area contributed by atoms with Crippen LogP contribution in [0.2, 0.25) is 0 Å². The molecule has 0 bridgehead atoms. The van der Waals surface area contributed by atoms with E-state index in [1.54, 1.807) is 0 Å². The summed E-state index contributed by atoms with van der Waals surface area (Å²) in [5.41, 5.74) is 1.93. The second kappa shape index (κ2) is 7.89. The molecule has 0 unspecified atom stereocenters. The van der Waals surface area contributed by atoms with Gasteiger partial charge in [-0.2, -0.15) is 0 Å². The Balaban J connectivity index is 1.62. The van der Waals surface area contributed by atoms with Gasteiger partial charge in [-0.25, -0.2) is 4.79 Å². The number of rotatable bonds is 5. The quantitative estimate of drug-likeness (QED) is 0.781. The maximum Gasteiger partial charge on any atom is 0.319 e. The van der Waals surface area contributed by atoms with Crippen molar-refractivity contribution in [1.82, 2.24) is 14.8 Å². The molecule has 6 nitrogen and oxygen atoms in total. The number of anilines is 1. The lowest BCUT2D eigenvalue weighted by Gasteiger charge is -2.28. The van der Waals surface area contributed by atoms with E-state index >= 15 is 0 Å². The highest BCUT2D eigenvalue weighted by molar-refractivity contribution is 5.93. The van der Waals surface area contributed by atoms with Gasteiger partial charge >= 0.3 is 6.03 Å². The van der Waals surface area contributed by atoms with Gasteiger partial charge in [0.1, 0.15) is 0 Å². The molecule has 1 heterocycles. The zero-order valence-corrected chi connectivity index (χ0v) is 15.0. The molecule has 2 amide bonds. The maximum absolute atomic E-state index is 12.2. The van der Waals surface area contributed by atoms with Gasteiger partial charge in [-0.15, -0.1) is 0 Å². The molecule has 3 N–H and O–H groups in total. The molecule has 0 radical (unpaired) electrons. The van der Waals surface area contributed by atoms with E-state index in [4.69, 9.17) is 0 Å². The smallest absolute Gasteiger partial charge is 0.319 e. The number of likely N-dealkylation sites (N-methyl/N-ethyl adjacent to an activating group) is 1. The van der Waals surface area contributed by atoms with Gasteiger partial charge in [-0.1, -0.05) is 12.8 Å². The summed E-state index contributed by atoms with van der Waals surface area (Å²) >= 11 is 0. The monoisotopic (exact) mass is 344 g/mol. The third-order valence-corrected chi connectivity index (χ3v) is 4.86. The largest absolute Gasteiger partial charge is 0.391 e. The molecule has 0 aliphatic heterocycles. The van der Waals surface area contributed by atoms with Crippen LogP contribution in [-0.4, -0.2) is 53.4 Å². The van der Waals surface area contributed by atoms with E-state index in [0.717, 1.165) is 55.4 Å². The summed E-state index contributed by atoms with van der Waals surface area (Å²) < 4.78 is 2.22. The van der Waals surface area contributed by atoms with E-state index in [9.17, 15) is 9.90 Å². The Bertz CT molecular complexity index is 725. The van der Waals surface area contributed by atoms with Crippen molar-refractivity contribution in [1.29, 1.82) is 0 Å². The molecule has 1 aromatic heterocycles. The van der Waals surface area contributed by atoms with Crippen LogP contribution in [0.4, 0.5) is 10.5 Å². The molecule has 0 spiro atoms. The van der Waals surface area contributed by atoms with Gasteiger partial charge in [0.2, 0.25) is 0 Å². The number of aromatic nitrogens is 1. The fraction of sp³-hybridized carbons (Fsp3) is 0.526. The average molecular weight is 344 g/mol. The van der Waals surface area contributed by atoms with Crippen LogP contribution in [0.3, 0.4) is 0 Å². The number of nitrogens with zero attached hydrogens (tertiary/aromatic N) is 2. The minimum Gasteiger partial charge on any atom is -0.391 e. The molecule has 1 saturated carbocycles. The zero-order valence-electron chi connectivity index (χ0n) is 15.0. The molecule has 1 aromatic carbocycles. The number of fused-ring (bicyclic) bond motifs is 1. The Kier molecular flexibility index (Phi) is 5.60. The average Bonchev–Trinajstić information content (AvgIpc) is 2.97. The number of aliphatic hydroxyl groups excluding tert-OH is 1. The summed E-state index contributed by atoms with van der Waals surface area (Å²) in [4.78, 5) is 14.4. The molecule has 136 valence electrons. The topological polar surface area (TPSA) is 69.5 Å². The van der Waals surface area contributed by atoms with Gasteiger partial charge in [0, 0.05) is 35.9 Å². The number of aliphatic hydroxyl groups is 1. The van der Waals surface area contributed by atoms with E-state index < -0.39 is 6.10 Å². The van der Waals surface area contributed by atoms with Crippen LogP contribution < -0.4 is 10.6 Å². The van der Waals surface area contributed by atoms with Crippen LogP contribution in [0.1, 0.15) is 25.7 Å². The van der Waals surface area contributed by atoms with Crippen molar-refractivity contribution in [3.8, 4) is 0 Å². The third kappa shape index (κ3) is 4.52. The first-order valence-corrected chi connectivity index (χ1v) is 9.02. The molecule has 1 aliphatic rings. The minimum absolute atomic E-state index is 0.149. The standard InChI is InChI=1S/C19H28N4O2/c1-22(2)11-12-23-10-9-14-13-15(7-8-17(14)23)20-19(25)21-16-5-3-4-6-18(16)24/h7-10,13,16,18,24H,3-6,11-12H2,1-2H3,(H2,20,21,25)/t16-,18-/m0/s1.